The van der Waals surface area contributed by atoms with Crippen molar-refractivity contribution in [3.05, 3.63) is 41.8 Å². The Balaban J connectivity index is 2.48. The van der Waals surface area contributed by atoms with E-state index in [-0.39, 0.29) is 5.82 Å². The van der Waals surface area contributed by atoms with Crippen molar-refractivity contribution in [2.24, 2.45) is 12.8 Å². The first-order chi connectivity index (χ1) is 7.20. The maximum atomic E-state index is 13.0. The lowest BCUT2D eigenvalue weighted by Gasteiger charge is -2.00. The molecule has 2 aromatic rings. The number of halogens is 1. The van der Waals surface area contributed by atoms with Crippen molar-refractivity contribution in [2.75, 3.05) is 0 Å². The lowest BCUT2D eigenvalue weighted by atomic mass is 10.1. The number of rotatable bonds is 2. The van der Waals surface area contributed by atoms with Crippen molar-refractivity contribution >= 4 is 0 Å². The normalized spacial score (nSPS) is 10.6. The Morgan fingerprint density at radius 1 is 1.40 bits per heavy atom. The molecule has 0 bridgehead atoms. The first-order valence-electron chi connectivity index (χ1n) is 4.69. The van der Waals surface area contributed by atoms with Gasteiger partial charge in [-0.15, -0.1) is 0 Å². The third-order valence-corrected chi connectivity index (χ3v) is 2.26. The van der Waals surface area contributed by atoms with Crippen LogP contribution in [0.15, 0.2) is 30.3 Å². The van der Waals surface area contributed by atoms with Crippen LogP contribution in [-0.2, 0) is 13.6 Å². The summed E-state index contributed by atoms with van der Waals surface area (Å²) in [5.41, 5.74) is 7.97. The summed E-state index contributed by atoms with van der Waals surface area (Å²) in [6.07, 6.45) is 0. The Hall–Kier alpha value is -1.68. The molecule has 0 aliphatic rings. The molecule has 2 N–H and O–H groups in total. The molecule has 78 valence electrons. The highest BCUT2D eigenvalue weighted by molar-refractivity contribution is 5.59. The first kappa shape index (κ1) is 9.86. The van der Waals surface area contributed by atoms with Crippen molar-refractivity contribution in [2.45, 2.75) is 6.54 Å². The molecule has 0 aliphatic carbocycles. The molecule has 0 unspecified atom stereocenters. The summed E-state index contributed by atoms with van der Waals surface area (Å²) in [5, 5.41) is 4.20. The summed E-state index contributed by atoms with van der Waals surface area (Å²) in [6, 6.07) is 8.30. The number of aryl methyl sites for hydroxylation is 1. The van der Waals surface area contributed by atoms with Crippen LogP contribution in [0.5, 0.6) is 0 Å². The smallest absolute Gasteiger partial charge is 0.123 e. The van der Waals surface area contributed by atoms with Gasteiger partial charge >= 0.3 is 0 Å². The second-order valence-electron chi connectivity index (χ2n) is 3.36. The fourth-order valence-electron chi connectivity index (χ4n) is 1.54. The monoisotopic (exact) mass is 205 g/mol. The molecule has 2 rings (SSSR count). The third kappa shape index (κ3) is 1.89. The van der Waals surface area contributed by atoms with Crippen LogP contribution in [0.4, 0.5) is 4.39 Å². The Bertz CT molecular complexity index is 476. The standard InChI is InChI=1S/C11H12FN3/c1-15-11(6-10(7-13)14-15)8-3-2-4-9(12)5-8/h2-6H,7,13H2,1H3. The minimum Gasteiger partial charge on any atom is -0.325 e. The Labute approximate surface area is 87.3 Å². The summed E-state index contributed by atoms with van der Waals surface area (Å²) in [6.45, 7) is 0.392. The molecule has 1 aromatic carbocycles. The molecule has 3 nitrogen and oxygen atoms in total. The summed E-state index contributed by atoms with van der Waals surface area (Å²) < 4.78 is 14.7. The zero-order valence-electron chi connectivity index (χ0n) is 8.44. The molecule has 0 saturated heterocycles. The topological polar surface area (TPSA) is 43.8 Å². The van der Waals surface area contributed by atoms with Crippen LogP contribution in [0.25, 0.3) is 11.3 Å². The quantitative estimate of drug-likeness (QED) is 0.810. The van der Waals surface area contributed by atoms with E-state index < -0.39 is 0 Å². The molecule has 0 saturated carbocycles. The molecule has 0 radical (unpaired) electrons. The molecular formula is C11H12FN3. The Morgan fingerprint density at radius 2 is 2.20 bits per heavy atom. The van der Waals surface area contributed by atoms with E-state index in [9.17, 15) is 4.39 Å². The van der Waals surface area contributed by atoms with Crippen LogP contribution in [-0.4, -0.2) is 9.78 Å². The number of hydrogen-bond donors (Lipinski definition) is 1. The van der Waals surface area contributed by atoms with E-state index in [1.54, 1.807) is 10.7 Å². The SMILES string of the molecule is Cn1nc(CN)cc1-c1cccc(F)c1. The minimum atomic E-state index is -0.247. The molecule has 0 atom stereocenters. The third-order valence-electron chi connectivity index (χ3n) is 2.26. The van der Waals surface area contributed by atoms with E-state index in [0.717, 1.165) is 17.0 Å². The van der Waals surface area contributed by atoms with Crippen LogP contribution >= 0.6 is 0 Å². The summed E-state index contributed by atoms with van der Waals surface area (Å²) in [4.78, 5) is 0. The van der Waals surface area contributed by atoms with Crippen LogP contribution in [0.1, 0.15) is 5.69 Å². The molecule has 1 aromatic heterocycles. The van der Waals surface area contributed by atoms with Crippen molar-refractivity contribution in [1.29, 1.82) is 0 Å². The molecule has 0 fully saturated rings. The van der Waals surface area contributed by atoms with E-state index in [1.165, 1.54) is 12.1 Å². The number of hydrogen-bond acceptors (Lipinski definition) is 2. The van der Waals surface area contributed by atoms with Gasteiger partial charge in [0.1, 0.15) is 5.82 Å². The molecule has 0 aliphatic heterocycles. The molecule has 0 amide bonds. The van der Waals surface area contributed by atoms with Gasteiger partial charge in [0.05, 0.1) is 11.4 Å². The second-order valence-corrected chi connectivity index (χ2v) is 3.36. The Morgan fingerprint density at radius 3 is 2.80 bits per heavy atom. The van der Waals surface area contributed by atoms with Crippen molar-refractivity contribution in [3.8, 4) is 11.3 Å². The van der Waals surface area contributed by atoms with Gasteiger partial charge in [-0.1, -0.05) is 12.1 Å². The molecule has 15 heavy (non-hydrogen) atoms. The van der Waals surface area contributed by atoms with Gasteiger partial charge in [-0.2, -0.15) is 5.10 Å². The highest BCUT2D eigenvalue weighted by Crippen LogP contribution is 2.20. The zero-order chi connectivity index (χ0) is 10.8. The average molecular weight is 205 g/mol. The summed E-state index contributed by atoms with van der Waals surface area (Å²) in [7, 11) is 1.82. The van der Waals surface area contributed by atoms with Crippen LogP contribution in [0, 0.1) is 5.82 Å². The highest BCUT2D eigenvalue weighted by Gasteiger charge is 2.06. The van der Waals surface area contributed by atoms with Gasteiger partial charge < -0.3 is 5.73 Å². The minimum absolute atomic E-state index is 0.247. The lowest BCUT2D eigenvalue weighted by molar-refractivity contribution is 0.628. The summed E-state index contributed by atoms with van der Waals surface area (Å²) >= 11 is 0. The van der Waals surface area contributed by atoms with E-state index in [2.05, 4.69) is 5.10 Å². The average Bonchev–Trinajstić information content (AvgIpc) is 2.60. The highest BCUT2D eigenvalue weighted by atomic mass is 19.1. The van der Waals surface area contributed by atoms with Crippen molar-refractivity contribution in [1.82, 2.24) is 9.78 Å². The van der Waals surface area contributed by atoms with Crippen molar-refractivity contribution in [3.63, 3.8) is 0 Å². The maximum absolute atomic E-state index is 13.0. The van der Waals surface area contributed by atoms with Gasteiger partial charge in [-0.3, -0.25) is 4.68 Å². The zero-order valence-corrected chi connectivity index (χ0v) is 8.44. The van der Waals surface area contributed by atoms with Crippen LogP contribution in [0.3, 0.4) is 0 Å². The lowest BCUT2D eigenvalue weighted by Crippen LogP contribution is -1.98. The van der Waals surface area contributed by atoms with Gasteiger partial charge in [0, 0.05) is 19.2 Å². The second kappa shape index (κ2) is 3.82. The molecule has 0 spiro atoms. The van der Waals surface area contributed by atoms with E-state index >= 15 is 0 Å². The van der Waals surface area contributed by atoms with E-state index in [4.69, 9.17) is 5.73 Å². The fourth-order valence-corrected chi connectivity index (χ4v) is 1.54. The van der Waals surface area contributed by atoms with E-state index in [1.807, 2.05) is 19.2 Å². The van der Waals surface area contributed by atoms with Gasteiger partial charge in [-0.25, -0.2) is 4.39 Å². The maximum Gasteiger partial charge on any atom is 0.123 e. The molecule has 1 heterocycles. The first-order valence-corrected chi connectivity index (χ1v) is 4.69. The van der Waals surface area contributed by atoms with Gasteiger partial charge in [0.2, 0.25) is 0 Å². The number of aromatic nitrogens is 2. The summed E-state index contributed by atoms with van der Waals surface area (Å²) in [5.74, 6) is -0.247. The fraction of sp³-hybridized carbons (Fsp3) is 0.182. The predicted molar refractivity (Wildman–Crippen MR) is 56.5 cm³/mol. The molecular weight excluding hydrogens is 193 g/mol. The Kier molecular flexibility index (Phi) is 2.51. The van der Waals surface area contributed by atoms with Crippen LogP contribution in [0.2, 0.25) is 0 Å². The predicted octanol–water partition coefficient (Wildman–Crippen LogP) is 1.68. The van der Waals surface area contributed by atoms with Crippen molar-refractivity contribution < 1.29 is 4.39 Å². The number of benzene rings is 1. The number of nitrogens with zero attached hydrogens (tertiary/aromatic N) is 2. The van der Waals surface area contributed by atoms with Gasteiger partial charge in [0.15, 0.2) is 0 Å². The van der Waals surface area contributed by atoms with E-state index in [0.29, 0.717) is 6.54 Å². The molecule has 4 heteroatoms. The number of nitrogens with two attached hydrogens (primary N) is 1. The van der Waals surface area contributed by atoms with Gasteiger partial charge in [-0.05, 0) is 18.2 Å². The van der Waals surface area contributed by atoms with Gasteiger partial charge in [0.25, 0.3) is 0 Å². The van der Waals surface area contributed by atoms with Crippen LogP contribution < -0.4 is 5.73 Å². The largest absolute Gasteiger partial charge is 0.325 e.